The normalized spacial score (nSPS) is 13.4. The van der Waals surface area contributed by atoms with Crippen molar-refractivity contribution in [3.8, 4) is 0 Å². The molecule has 0 fully saturated rings. The first-order valence-corrected chi connectivity index (χ1v) is 16.0. The SMILES string of the molecule is C=CC[Si](CCl)(C[Si](CC=C)(c1ccc(F)cc1)c1ccc(F)cc1)c1ccc(F)cc1. The van der Waals surface area contributed by atoms with Gasteiger partial charge < -0.3 is 0 Å². The predicted molar refractivity (Wildman–Crippen MR) is 135 cm³/mol. The summed E-state index contributed by atoms with van der Waals surface area (Å²) in [5.74, 6) is -0.906. The molecule has 3 aromatic carbocycles. The van der Waals surface area contributed by atoms with Gasteiger partial charge in [0.2, 0.25) is 0 Å². The minimum absolute atomic E-state index is 0.295. The third-order valence-corrected chi connectivity index (χ3v) is 19.8. The lowest BCUT2D eigenvalue weighted by Gasteiger charge is -2.41. The van der Waals surface area contributed by atoms with Crippen LogP contribution in [-0.2, 0) is 0 Å². The van der Waals surface area contributed by atoms with Crippen LogP contribution in [0.4, 0.5) is 13.2 Å². The van der Waals surface area contributed by atoms with Gasteiger partial charge in [-0.05, 0) is 54.2 Å². The minimum Gasteiger partial charge on any atom is -0.207 e. The Hall–Kier alpha value is -2.35. The standard InChI is InChI=1S/C26H26ClF3Si2/c1-3-17-31(19-27,24-11-5-21(28)6-12-24)20-32(18-4-2,25-13-7-22(29)8-14-25)26-15-9-23(30)10-16-26/h3-16H,1-2,17-20H2. The average Bonchev–Trinajstić information content (AvgIpc) is 2.80. The van der Waals surface area contributed by atoms with E-state index in [0.29, 0.717) is 11.5 Å². The Kier molecular flexibility index (Phi) is 7.98. The second-order valence-electron chi connectivity index (χ2n) is 8.18. The molecule has 3 rings (SSSR count). The lowest BCUT2D eigenvalue weighted by Crippen LogP contribution is -2.66. The molecule has 0 N–H and O–H groups in total. The lowest BCUT2D eigenvalue weighted by molar-refractivity contribution is 0.628. The van der Waals surface area contributed by atoms with Gasteiger partial charge in [0.1, 0.15) is 33.6 Å². The molecule has 0 saturated heterocycles. The van der Waals surface area contributed by atoms with E-state index in [2.05, 4.69) is 13.2 Å². The number of alkyl halides is 1. The number of allylic oxidation sites excluding steroid dienone is 2. The zero-order valence-corrected chi connectivity index (χ0v) is 20.6. The lowest BCUT2D eigenvalue weighted by atomic mass is 10.3. The second-order valence-corrected chi connectivity index (χ2v) is 17.9. The largest absolute Gasteiger partial charge is 0.207 e. The molecule has 0 bridgehead atoms. The van der Waals surface area contributed by atoms with Crippen LogP contribution >= 0.6 is 11.6 Å². The van der Waals surface area contributed by atoms with Crippen molar-refractivity contribution in [1.82, 2.24) is 0 Å². The van der Waals surface area contributed by atoms with E-state index in [0.717, 1.165) is 27.3 Å². The Morgan fingerprint density at radius 2 is 1.00 bits per heavy atom. The van der Waals surface area contributed by atoms with E-state index < -0.39 is 16.1 Å². The van der Waals surface area contributed by atoms with Gasteiger partial charge in [-0.25, -0.2) is 13.2 Å². The van der Waals surface area contributed by atoms with Crippen molar-refractivity contribution >= 4 is 43.3 Å². The summed E-state index contributed by atoms with van der Waals surface area (Å²) in [5, 5.41) is 3.14. The smallest absolute Gasteiger partial charge is 0.123 e. The zero-order chi connectivity index (χ0) is 23.2. The first-order chi connectivity index (χ1) is 15.4. The van der Waals surface area contributed by atoms with E-state index in [1.807, 2.05) is 48.6 Å². The highest BCUT2D eigenvalue weighted by Gasteiger charge is 2.46. The quantitative estimate of drug-likeness (QED) is 0.195. The van der Waals surface area contributed by atoms with E-state index in [4.69, 9.17) is 11.6 Å². The van der Waals surface area contributed by atoms with Gasteiger partial charge in [0.05, 0.1) is 0 Å². The van der Waals surface area contributed by atoms with E-state index in [-0.39, 0.29) is 17.5 Å². The van der Waals surface area contributed by atoms with Gasteiger partial charge in [-0.3, -0.25) is 0 Å². The Labute approximate surface area is 195 Å². The van der Waals surface area contributed by atoms with Crippen LogP contribution in [0.2, 0.25) is 17.8 Å². The van der Waals surface area contributed by atoms with Crippen LogP contribution in [-0.4, -0.2) is 21.7 Å². The van der Waals surface area contributed by atoms with Crippen LogP contribution in [0.3, 0.4) is 0 Å². The van der Waals surface area contributed by atoms with Crippen molar-refractivity contribution in [2.45, 2.75) is 17.8 Å². The van der Waals surface area contributed by atoms with Crippen LogP contribution in [0, 0.1) is 17.5 Å². The van der Waals surface area contributed by atoms with E-state index in [9.17, 15) is 13.2 Å². The van der Waals surface area contributed by atoms with Crippen molar-refractivity contribution in [3.05, 3.63) is 116 Å². The van der Waals surface area contributed by atoms with Gasteiger partial charge in [0.15, 0.2) is 0 Å². The molecule has 3 aromatic rings. The highest BCUT2D eigenvalue weighted by molar-refractivity contribution is 7.14. The molecule has 0 aliphatic rings. The van der Waals surface area contributed by atoms with E-state index in [1.54, 1.807) is 0 Å². The molecule has 1 unspecified atom stereocenters. The minimum atomic E-state index is -2.60. The summed E-state index contributed by atoms with van der Waals surface area (Å²) in [5.41, 5.74) is 1.21. The maximum absolute atomic E-state index is 13.8. The molecule has 1 atom stereocenters. The van der Waals surface area contributed by atoms with E-state index in [1.165, 1.54) is 36.4 Å². The molecule has 0 radical (unpaired) electrons. The molecule has 0 aliphatic heterocycles. The van der Waals surface area contributed by atoms with Gasteiger partial charge in [0.25, 0.3) is 0 Å². The summed E-state index contributed by atoms with van der Waals surface area (Å²) < 4.78 is 41.4. The summed E-state index contributed by atoms with van der Waals surface area (Å²) in [6.07, 6.45) is 3.78. The molecule has 166 valence electrons. The van der Waals surface area contributed by atoms with Gasteiger partial charge in [-0.2, -0.15) is 0 Å². The molecule has 32 heavy (non-hydrogen) atoms. The van der Waals surface area contributed by atoms with Crippen LogP contribution in [0.1, 0.15) is 0 Å². The van der Waals surface area contributed by atoms with Crippen molar-refractivity contribution in [2.75, 3.05) is 5.50 Å². The van der Waals surface area contributed by atoms with Crippen molar-refractivity contribution in [3.63, 3.8) is 0 Å². The molecule has 0 spiro atoms. The van der Waals surface area contributed by atoms with Crippen molar-refractivity contribution < 1.29 is 13.2 Å². The maximum atomic E-state index is 13.8. The molecule has 0 amide bonds. The molecule has 0 nitrogen and oxygen atoms in total. The van der Waals surface area contributed by atoms with E-state index >= 15 is 0 Å². The third-order valence-electron chi connectivity index (χ3n) is 6.17. The van der Waals surface area contributed by atoms with Crippen molar-refractivity contribution in [2.24, 2.45) is 0 Å². The topological polar surface area (TPSA) is 0 Å². The summed E-state index contributed by atoms with van der Waals surface area (Å²) in [6, 6.07) is 21.2. The van der Waals surface area contributed by atoms with Crippen molar-refractivity contribution in [1.29, 1.82) is 0 Å². The Bertz CT molecular complexity index is 1000. The second kappa shape index (κ2) is 10.5. The highest BCUT2D eigenvalue weighted by Crippen LogP contribution is 2.29. The van der Waals surface area contributed by atoms with Crippen LogP contribution in [0.15, 0.2) is 98.1 Å². The summed E-state index contributed by atoms with van der Waals surface area (Å²) in [7, 11) is -5.03. The fraction of sp³-hybridized carbons (Fsp3) is 0.154. The Balaban J connectivity index is 2.27. The van der Waals surface area contributed by atoms with Gasteiger partial charge in [0, 0.05) is 5.50 Å². The number of hydrogen-bond donors (Lipinski definition) is 0. The third kappa shape index (κ3) is 5.00. The molecule has 0 aromatic heterocycles. The fourth-order valence-corrected chi connectivity index (χ4v) is 19.7. The summed E-state index contributed by atoms with van der Waals surface area (Å²) in [6.45, 7) is 8.00. The molecule has 6 heteroatoms. The number of benzene rings is 3. The Morgan fingerprint density at radius 3 is 1.34 bits per heavy atom. The molecule has 0 aliphatic carbocycles. The number of halogens is 4. The molecule has 0 saturated carbocycles. The van der Waals surface area contributed by atoms with Crippen LogP contribution in [0.25, 0.3) is 0 Å². The highest BCUT2D eigenvalue weighted by atomic mass is 35.5. The zero-order valence-electron chi connectivity index (χ0n) is 17.8. The van der Waals surface area contributed by atoms with Crippen LogP contribution in [0.5, 0.6) is 0 Å². The fourth-order valence-electron chi connectivity index (χ4n) is 4.59. The number of rotatable bonds is 10. The monoisotopic (exact) mass is 486 g/mol. The Morgan fingerprint density at radius 1 is 0.625 bits per heavy atom. The first-order valence-electron chi connectivity index (χ1n) is 10.4. The number of hydrogen-bond acceptors (Lipinski definition) is 0. The van der Waals surface area contributed by atoms with Gasteiger partial charge in [-0.15, -0.1) is 24.8 Å². The molecule has 0 heterocycles. The predicted octanol–water partition coefficient (Wildman–Crippen LogP) is 5.71. The summed E-state index contributed by atoms with van der Waals surface area (Å²) in [4.78, 5) is 0. The summed E-state index contributed by atoms with van der Waals surface area (Å²) >= 11 is 6.71. The van der Waals surface area contributed by atoms with Crippen LogP contribution < -0.4 is 15.6 Å². The molecular formula is C26H26ClF3Si2. The maximum Gasteiger partial charge on any atom is 0.123 e. The average molecular weight is 487 g/mol. The van der Waals surface area contributed by atoms with Gasteiger partial charge >= 0.3 is 0 Å². The van der Waals surface area contributed by atoms with Gasteiger partial charge in [-0.1, -0.05) is 64.1 Å². The molecular weight excluding hydrogens is 461 g/mol. The first kappa shape index (κ1) is 24.3.